The summed E-state index contributed by atoms with van der Waals surface area (Å²) in [7, 11) is 0. The van der Waals surface area contributed by atoms with Gasteiger partial charge >= 0.3 is 0 Å². The zero-order valence-corrected chi connectivity index (χ0v) is 6.99. The fourth-order valence-electron chi connectivity index (χ4n) is 0. The van der Waals surface area contributed by atoms with Gasteiger partial charge in [0, 0.05) is 51.4 Å². The van der Waals surface area contributed by atoms with Gasteiger partial charge in [-0.1, -0.05) is 0 Å². The minimum absolute atomic E-state index is 0. The van der Waals surface area contributed by atoms with Crippen LogP contribution in [0.2, 0.25) is 0 Å². The Morgan fingerprint density at radius 3 is 1.00 bits per heavy atom. The van der Waals surface area contributed by atoms with E-state index in [1.165, 1.54) is 0 Å². The van der Waals surface area contributed by atoms with E-state index in [-0.39, 0.29) is 64.3 Å². The van der Waals surface area contributed by atoms with Gasteiger partial charge in [0.05, 0.1) is 0 Å². The molecule has 0 amide bonds. The van der Waals surface area contributed by atoms with Crippen LogP contribution in [-0.4, -0.2) is 74.5 Å². The Bertz CT molecular complexity index is 30.7. The number of carbonyl (C=O) groups is 2. The zero-order valence-electron chi connectivity index (χ0n) is 3.87. The monoisotopic (exact) mass is 131 g/mol. The average Bonchev–Trinajstić information content (AvgIpc) is 1.39. The van der Waals surface area contributed by atoms with Gasteiger partial charge in [0.15, 0.2) is 0 Å². The quantitative estimate of drug-likeness (QED) is 0.327. The van der Waals surface area contributed by atoms with E-state index in [0.717, 1.165) is 0 Å². The standard InChI is InChI=1S/2CH2O2.K/c2*2-1-3;/h2*1H,(H,2,3);. The number of hydrogen-bond donors (Lipinski definition) is 2. The van der Waals surface area contributed by atoms with Crippen LogP contribution < -0.4 is 0 Å². The normalized spacial score (nSPS) is 3.43. The maximum Gasteiger partial charge on any atom is 0.290 e. The molecule has 37 valence electrons. The molecule has 0 rings (SSSR count). The first-order valence-corrected chi connectivity index (χ1v) is 0.988. The molecular weight excluding hydrogens is 127 g/mol. The summed E-state index contributed by atoms with van der Waals surface area (Å²) < 4.78 is 0. The first-order chi connectivity index (χ1) is 2.83. The van der Waals surface area contributed by atoms with Crippen molar-refractivity contribution in [2.75, 3.05) is 0 Å². The van der Waals surface area contributed by atoms with Gasteiger partial charge in [-0.15, -0.1) is 0 Å². The van der Waals surface area contributed by atoms with Crippen molar-refractivity contribution >= 4 is 64.3 Å². The second kappa shape index (κ2) is 30.8. The van der Waals surface area contributed by atoms with E-state index in [0.29, 0.717) is 0 Å². The Labute approximate surface area is 82.9 Å². The Kier molecular flexibility index (Phi) is 68.9. The van der Waals surface area contributed by atoms with Crippen LogP contribution in [0.4, 0.5) is 0 Å². The second-order valence-electron chi connectivity index (χ2n) is 0.211. The molecule has 0 aliphatic rings. The van der Waals surface area contributed by atoms with E-state index in [1.54, 1.807) is 0 Å². The molecule has 0 fully saturated rings. The van der Waals surface area contributed by atoms with Crippen molar-refractivity contribution in [3.8, 4) is 0 Å². The number of carboxylic acid groups (broad SMARTS) is 2. The predicted octanol–water partition coefficient (Wildman–Crippen LogP) is -0.979. The van der Waals surface area contributed by atoms with Crippen LogP contribution in [0.15, 0.2) is 0 Å². The molecule has 0 spiro atoms. The van der Waals surface area contributed by atoms with Crippen molar-refractivity contribution < 1.29 is 19.8 Å². The number of rotatable bonds is 0. The molecule has 0 aromatic heterocycles. The Balaban J connectivity index is -0.0000000400. The molecule has 0 aromatic rings. The van der Waals surface area contributed by atoms with Gasteiger partial charge in [0.25, 0.3) is 12.9 Å². The summed E-state index contributed by atoms with van der Waals surface area (Å²) in [6.07, 6.45) is 0. The first-order valence-electron chi connectivity index (χ1n) is 0.988. The van der Waals surface area contributed by atoms with Crippen molar-refractivity contribution in [3.05, 3.63) is 0 Å². The molecule has 0 aliphatic heterocycles. The Hall–Kier alpha value is 0.576. The van der Waals surface area contributed by atoms with E-state index in [9.17, 15) is 0 Å². The third kappa shape index (κ3) is 415. The summed E-state index contributed by atoms with van der Waals surface area (Å²) in [5.74, 6) is 0. The van der Waals surface area contributed by atoms with E-state index >= 15 is 0 Å². The van der Waals surface area contributed by atoms with Crippen molar-refractivity contribution in [2.24, 2.45) is 0 Å². The van der Waals surface area contributed by atoms with Gasteiger partial charge in [0.2, 0.25) is 0 Å². The molecule has 0 aromatic carbocycles. The molecule has 2 N–H and O–H groups in total. The van der Waals surface area contributed by atoms with E-state index in [2.05, 4.69) is 0 Å². The minimum atomic E-state index is -0.250. The van der Waals surface area contributed by atoms with Gasteiger partial charge in [0.1, 0.15) is 0 Å². The Morgan fingerprint density at radius 1 is 1.00 bits per heavy atom. The van der Waals surface area contributed by atoms with Gasteiger partial charge < -0.3 is 10.2 Å². The van der Waals surface area contributed by atoms with E-state index in [4.69, 9.17) is 19.8 Å². The third-order valence-corrected chi connectivity index (χ3v) is 0. The van der Waals surface area contributed by atoms with Crippen LogP contribution in [0.25, 0.3) is 0 Å². The first kappa shape index (κ1) is 15.6. The van der Waals surface area contributed by atoms with Crippen molar-refractivity contribution in [1.82, 2.24) is 0 Å². The van der Waals surface area contributed by atoms with Crippen LogP contribution in [0.1, 0.15) is 0 Å². The number of hydrogen-bond acceptors (Lipinski definition) is 2. The van der Waals surface area contributed by atoms with Gasteiger partial charge in [-0.3, -0.25) is 9.59 Å². The molecule has 0 atom stereocenters. The second-order valence-corrected chi connectivity index (χ2v) is 0.211. The van der Waals surface area contributed by atoms with Crippen molar-refractivity contribution in [1.29, 1.82) is 0 Å². The molecule has 0 saturated carbocycles. The molecule has 0 unspecified atom stereocenters. The molecule has 0 saturated heterocycles. The van der Waals surface area contributed by atoms with Gasteiger partial charge in [-0.05, 0) is 0 Å². The topological polar surface area (TPSA) is 74.6 Å². The van der Waals surface area contributed by atoms with Crippen molar-refractivity contribution in [3.63, 3.8) is 0 Å². The van der Waals surface area contributed by atoms with Crippen LogP contribution >= 0.6 is 0 Å². The molecule has 1 radical (unpaired) electrons. The summed E-state index contributed by atoms with van der Waals surface area (Å²) in [5, 5.41) is 13.8. The van der Waals surface area contributed by atoms with E-state index < -0.39 is 0 Å². The molecule has 0 bridgehead atoms. The molecule has 0 aliphatic carbocycles. The van der Waals surface area contributed by atoms with E-state index in [1.807, 2.05) is 0 Å². The van der Waals surface area contributed by atoms with Gasteiger partial charge in [-0.2, -0.15) is 0 Å². The summed E-state index contributed by atoms with van der Waals surface area (Å²) in [4.78, 5) is 16.7. The van der Waals surface area contributed by atoms with Crippen LogP contribution in [-0.2, 0) is 9.59 Å². The molecule has 5 heteroatoms. The van der Waals surface area contributed by atoms with Crippen LogP contribution in [0.5, 0.6) is 0 Å². The molecular formula is C2H4KO4. The summed E-state index contributed by atoms with van der Waals surface area (Å²) in [6.45, 7) is -0.500. The van der Waals surface area contributed by atoms with Gasteiger partial charge in [-0.25, -0.2) is 0 Å². The SMILES string of the molecule is O=CO.O=CO.[K]. The van der Waals surface area contributed by atoms with Crippen LogP contribution in [0.3, 0.4) is 0 Å². The third-order valence-electron chi connectivity index (χ3n) is 0. The molecule has 7 heavy (non-hydrogen) atoms. The van der Waals surface area contributed by atoms with Crippen LogP contribution in [0, 0.1) is 0 Å². The Morgan fingerprint density at radius 2 is 1.00 bits per heavy atom. The fraction of sp³-hybridized carbons (Fsp3) is 0. The minimum Gasteiger partial charge on any atom is -0.483 e. The maximum absolute atomic E-state index is 8.36. The predicted molar refractivity (Wildman–Crippen MR) is 23.1 cm³/mol. The zero-order chi connectivity index (χ0) is 5.41. The average molecular weight is 131 g/mol. The molecule has 4 nitrogen and oxygen atoms in total. The summed E-state index contributed by atoms with van der Waals surface area (Å²) >= 11 is 0. The molecule has 0 heterocycles. The smallest absolute Gasteiger partial charge is 0.290 e. The largest absolute Gasteiger partial charge is 0.483 e. The van der Waals surface area contributed by atoms with Crippen molar-refractivity contribution in [2.45, 2.75) is 0 Å². The maximum atomic E-state index is 8.36. The summed E-state index contributed by atoms with van der Waals surface area (Å²) in [6, 6.07) is 0. The fourth-order valence-corrected chi connectivity index (χ4v) is 0. The summed E-state index contributed by atoms with van der Waals surface area (Å²) in [5.41, 5.74) is 0.